The Kier molecular flexibility index (Phi) is 10.00. The highest BCUT2D eigenvalue weighted by Crippen LogP contribution is 2.26. The summed E-state index contributed by atoms with van der Waals surface area (Å²) in [7, 11) is 0. The molecular formula is C27H34N4O5. The Balaban J connectivity index is 1.46. The molecule has 192 valence electrons. The normalized spacial score (nSPS) is 19.2. The number of ether oxygens (including phenoxy) is 1. The van der Waals surface area contributed by atoms with Gasteiger partial charge in [0.15, 0.2) is 12.4 Å². The van der Waals surface area contributed by atoms with Crippen LogP contribution in [0.5, 0.6) is 5.75 Å². The molecule has 0 aliphatic carbocycles. The second-order valence-corrected chi connectivity index (χ2v) is 8.83. The van der Waals surface area contributed by atoms with E-state index in [1.54, 1.807) is 29.2 Å². The lowest BCUT2D eigenvalue weighted by Gasteiger charge is -2.38. The van der Waals surface area contributed by atoms with Gasteiger partial charge in [-0.25, -0.2) is 0 Å². The van der Waals surface area contributed by atoms with Crippen LogP contribution in [0.15, 0.2) is 73.4 Å². The third-order valence-corrected chi connectivity index (χ3v) is 6.44. The molecule has 2 saturated heterocycles. The minimum Gasteiger partial charge on any atom is -0.477 e. The molecule has 0 N–H and O–H groups in total. The number of piperidine rings is 1. The molecule has 9 nitrogen and oxygen atoms in total. The van der Waals surface area contributed by atoms with Crippen molar-refractivity contribution in [3.63, 3.8) is 0 Å². The molecule has 3 rings (SSSR count). The van der Waals surface area contributed by atoms with Crippen molar-refractivity contribution in [3.05, 3.63) is 83.5 Å². The average molecular weight is 495 g/mol. The molecule has 0 bridgehead atoms. The first kappa shape index (κ1) is 26.9. The second kappa shape index (κ2) is 13.4. The van der Waals surface area contributed by atoms with Gasteiger partial charge >= 0.3 is 5.69 Å². The molecule has 0 aromatic heterocycles. The van der Waals surface area contributed by atoms with Gasteiger partial charge in [0.25, 0.3) is 5.91 Å². The van der Waals surface area contributed by atoms with Gasteiger partial charge in [-0.3, -0.25) is 24.6 Å². The van der Waals surface area contributed by atoms with Crippen molar-refractivity contribution in [1.82, 2.24) is 14.7 Å². The Bertz CT molecular complexity index is 1030. The lowest BCUT2D eigenvalue weighted by molar-refractivity contribution is -0.385. The number of hydrogen-bond acceptors (Lipinski definition) is 6. The number of allylic oxidation sites excluding steroid dienone is 5. The molecule has 1 aromatic rings. The molecule has 2 heterocycles. The number of carbonyl (C=O) groups is 2. The minimum absolute atomic E-state index is 0.0608. The van der Waals surface area contributed by atoms with Crippen LogP contribution in [0, 0.1) is 16.0 Å². The quantitative estimate of drug-likeness (QED) is 0.282. The third-order valence-electron chi connectivity index (χ3n) is 6.44. The van der Waals surface area contributed by atoms with Gasteiger partial charge in [0.05, 0.1) is 10.8 Å². The molecule has 0 saturated carbocycles. The second-order valence-electron chi connectivity index (χ2n) is 8.83. The van der Waals surface area contributed by atoms with Gasteiger partial charge in [-0.05, 0) is 24.5 Å². The van der Waals surface area contributed by atoms with Gasteiger partial charge < -0.3 is 14.5 Å². The average Bonchev–Trinajstić information content (AvgIpc) is 2.91. The summed E-state index contributed by atoms with van der Waals surface area (Å²) in [5.74, 6) is -0.359. The minimum atomic E-state index is -0.538. The summed E-state index contributed by atoms with van der Waals surface area (Å²) in [4.78, 5) is 42.3. The number of likely N-dealkylation sites (tertiary alicyclic amines) is 1. The number of piperazine rings is 1. The molecule has 2 amide bonds. The topological polar surface area (TPSA) is 96.2 Å². The van der Waals surface area contributed by atoms with E-state index in [4.69, 9.17) is 4.74 Å². The Labute approximate surface area is 212 Å². The van der Waals surface area contributed by atoms with E-state index in [2.05, 4.69) is 24.1 Å². The van der Waals surface area contributed by atoms with Gasteiger partial charge in [0, 0.05) is 51.9 Å². The van der Waals surface area contributed by atoms with Crippen LogP contribution in [-0.4, -0.2) is 83.9 Å². The zero-order valence-corrected chi connectivity index (χ0v) is 20.6. The summed E-state index contributed by atoms with van der Waals surface area (Å²) < 4.78 is 5.45. The van der Waals surface area contributed by atoms with Crippen molar-refractivity contribution >= 4 is 17.5 Å². The zero-order valence-electron chi connectivity index (χ0n) is 20.6. The molecule has 1 atom stereocenters. The largest absolute Gasteiger partial charge is 0.477 e. The maximum atomic E-state index is 13.2. The number of para-hydroxylation sites is 2. The van der Waals surface area contributed by atoms with Crippen molar-refractivity contribution < 1.29 is 19.2 Å². The van der Waals surface area contributed by atoms with Gasteiger partial charge in [0.1, 0.15) is 0 Å². The van der Waals surface area contributed by atoms with Gasteiger partial charge in [0.2, 0.25) is 5.91 Å². The van der Waals surface area contributed by atoms with Crippen molar-refractivity contribution in [2.45, 2.75) is 12.8 Å². The Morgan fingerprint density at radius 1 is 1.11 bits per heavy atom. The lowest BCUT2D eigenvalue weighted by Crippen LogP contribution is -2.53. The summed E-state index contributed by atoms with van der Waals surface area (Å²) in [5, 5.41) is 11.1. The van der Waals surface area contributed by atoms with Crippen LogP contribution in [0.3, 0.4) is 0 Å². The predicted octanol–water partition coefficient (Wildman–Crippen LogP) is 3.21. The first-order chi connectivity index (χ1) is 17.4. The first-order valence-electron chi connectivity index (χ1n) is 12.2. The summed E-state index contributed by atoms with van der Waals surface area (Å²) in [6, 6.07) is 5.98. The summed E-state index contributed by atoms with van der Waals surface area (Å²) in [5.41, 5.74) is 0.823. The lowest BCUT2D eigenvalue weighted by atomic mass is 9.96. The maximum absolute atomic E-state index is 13.2. The van der Waals surface area contributed by atoms with Gasteiger partial charge in [-0.2, -0.15) is 0 Å². The van der Waals surface area contributed by atoms with Crippen LogP contribution in [0.2, 0.25) is 0 Å². The Morgan fingerprint density at radius 2 is 1.86 bits per heavy atom. The highest BCUT2D eigenvalue weighted by molar-refractivity contribution is 5.82. The first-order valence-corrected chi connectivity index (χ1v) is 12.2. The highest BCUT2D eigenvalue weighted by atomic mass is 16.6. The zero-order chi connectivity index (χ0) is 25.9. The van der Waals surface area contributed by atoms with Crippen LogP contribution in [0.25, 0.3) is 0 Å². The maximum Gasteiger partial charge on any atom is 0.310 e. The smallest absolute Gasteiger partial charge is 0.310 e. The van der Waals surface area contributed by atoms with Crippen LogP contribution < -0.4 is 4.74 Å². The fourth-order valence-electron chi connectivity index (χ4n) is 4.44. The van der Waals surface area contributed by atoms with Crippen LogP contribution in [-0.2, 0) is 9.59 Å². The van der Waals surface area contributed by atoms with Gasteiger partial charge in [-0.1, -0.05) is 55.7 Å². The van der Waals surface area contributed by atoms with E-state index in [9.17, 15) is 19.7 Å². The number of benzene rings is 1. The van der Waals surface area contributed by atoms with Crippen LogP contribution in [0.1, 0.15) is 12.8 Å². The van der Waals surface area contributed by atoms with E-state index >= 15 is 0 Å². The van der Waals surface area contributed by atoms with E-state index in [1.807, 2.05) is 17.1 Å². The highest BCUT2D eigenvalue weighted by Gasteiger charge is 2.32. The number of nitrogens with zero attached hydrogens (tertiary/aromatic N) is 4. The number of rotatable bonds is 10. The molecule has 1 unspecified atom stereocenters. The molecule has 2 aliphatic heterocycles. The molecular weight excluding hydrogens is 460 g/mol. The van der Waals surface area contributed by atoms with E-state index in [0.29, 0.717) is 26.2 Å². The summed E-state index contributed by atoms with van der Waals surface area (Å²) >= 11 is 0. The number of amides is 2. The molecule has 9 heteroatoms. The van der Waals surface area contributed by atoms with E-state index in [0.717, 1.165) is 38.0 Å². The van der Waals surface area contributed by atoms with Crippen molar-refractivity contribution in [3.8, 4) is 5.75 Å². The number of nitro groups is 1. The SMILES string of the molecule is C=C/C=C(C=C)/C=C/CN1CCN(C(=O)C2CCCN(C(=O)COc3ccccc3[N+](=O)[O-])C2)CC1. The summed E-state index contributed by atoms with van der Waals surface area (Å²) in [6.45, 7) is 11.8. The van der Waals surface area contributed by atoms with Crippen molar-refractivity contribution in [2.24, 2.45) is 5.92 Å². The van der Waals surface area contributed by atoms with Gasteiger partial charge in [-0.15, -0.1) is 0 Å². The standard InChI is InChI=1S/C27H34N4O5/c1-3-9-22(4-2)10-7-14-28-16-18-29(19-17-28)27(33)23-11-8-15-30(20-23)26(32)21-36-25-13-6-5-12-24(25)31(34)35/h3-7,9-10,12-13,23H,1-2,8,11,14-21H2/b10-7+,22-9+. The fraction of sp³-hybridized carbons (Fsp3) is 0.407. The number of nitro benzene ring substituents is 1. The van der Waals surface area contributed by atoms with E-state index in [1.165, 1.54) is 12.1 Å². The van der Waals surface area contributed by atoms with Crippen LogP contribution >= 0.6 is 0 Å². The molecule has 0 radical (unpaired) electrons. The third kappa shape index (κ3) is 7.39. The number of carbonyl (C=O) groups excluding carboxylic acids is 2. The predicted molar refractivity (Wildman–Crippen MR) is 139 cm³/mol. The van der Waals surface area contributed by atoms with Crippen LogP contribution in [0.4, 0.5) is 5.69 Å². The van der Waals surface area contributed by atoms with Crippen molar-refractivity contribution in [1.29, 1.82) is 0 Å². The molecule has 36 heavy (non-hydrogen) atoms. The Morgan fingerprint density at radius 3 is 2.56 bits per heavy atom. The molecule has 2 aliphatic rings. The van der Waals surface area contributed by atoms with Crippen molar-refractivity contribution in [2.75, 3.05) is 52.4 Å². The monoisotopic (exact) mass is 494 g/mol. The molecule has 2 fully saturated rings. The van der Waals surface area contributed by atoms with E-state index in [-0.39, 0.29) is 35.8 Å². The Hall–Kier alpha value is -3.72. The number of hydrogen-bond donors (Lipinski definition) is 0. The summed E-state index contributed by atoms with van der Waals surface area (Å²) in [6.07, 6.45) is 11.0. The van der Waals surface area contributed by atoms with E-state index < -0.39 is 4.92 Å². The fourth-order valence-corrected chi connectivity index (χ4v) is 4.44. The molecule has 1 aromatic carbocycles. The molecule has 0 spiro atoms.